The molecule has 1 aromatic rings. The first-order chi connectivity index (χ1) is 9.44. The fourth-order valence-corrected chi connectivity index (χ4v) is 3.95. The average Bonchev–Trinajstić information content (AvgIpc) is 2.76. The van der Waals surface area contributed by atoms with Crippen LogP contribution in [0.15, 0.2) is 18.3 Å². The van der Waals surface area contributed by atoms with Crippen molar-refractivity contribution < 1.29 is 13.2 Å². The maximum Gasteiger partial charge on any atom is 0.275 e. The topological polar surface area (TPSA) is 93.4 Å². The van der Waals surface area contributed by atoms with E-state index < -0.39 is 21.8 Å². The molecule has 106 valence electrons. The Kier molecular flexibility index (Phi) is 3.95. The Bertz CT molecular complexity index is 664. The summed E-state index contributed by atoms with van der Waals surface area (Å²) in [5, 5.41) is 0. The average molecular weight is 293 g/mol. The van der Waals surface area contributed by atoms with Gasteiger partial charge >= 0.3 is 0 Å². The number of amides is 1. The van der Waals surface area contributed by atoms with E-state index >= 15 is 0 Å². The second-order valence-corrected chi connectivity index (χ2v) is 6.86. The number of hydrogen-bond donors (Lipinski definition) is 1. The van der Waals surface area contributed by atoms with Crippen LogP contribution in [0.1, 0.15) is 16.9 Å². The molecule has 0 radical (unpaired) electrons. The summed E-state index contributed by atoms with van der Waals surface area (Å²) in [7, 11) is -3.10. The van der Waals surface area contributed by atoms with Gasteiger partial charge in [-0.2, -0.15) is 0 Å². The van der Waals surface area contributed by atoms with Crippen molar-refractivity contribution in [3.8, 4) is 12.3 Å². The molecular weight excluding hydrogens is 278 g/mol. The molecule has 1 saturated heterocycles. The minimum atomic E-state index is -3.10. The molecule has 1 fully saturated rings. The zero-order valence-electron chi connectivity index (χ0n) is 10.8. The zero-order valence-corrected chi connectivity index (χ0v) is 11.6. The number of rotatable bonds is 3. The highest BCUT2D eigenvalue weighted by atomic mass is 32.2. The van der Waals surface area contributed by atoms with Crippen molar-refractivity contribution in [1.82, 2.24) is 9.88 Å². The molecule has 0 spiro atoms. The molecule has 2 N–H and O–H groups in total. The summed E-state index contributed by atoms with van der Waals surface area (Å²) < 4.78 is 23.1. The third-order valence-electron chi connectivity index (χ3n) is 3.21. The summed E-state index contributed by atoms with van der Waals surface area (Å²) in [5.41, 5.74) is 6.08. The molecule has 1 atom stereocenters. The molecule has 1 aliphatic rings. The number of carbonyl (C=O) groups excluding carboxylic acids is 1. The molecule has 1 aromatic heterocycles. The Morgan fingerprint density at radius 1 is 1.60 bits per heavy atom. The van der Waals surface area contributed by atoms with E-state index in [2.05, 4.69) is 10.9 Å². The normalized spacial score (nSPS) is 20.2. The standard InChI is InChI=1S/C13H15N3O3S/c1-2-7-16(10-5-8-20(18,19)9-10)13(17)12-11(14)4-3-6-15-12/h1,3-4,6,10H,5,7-9,14H2. The highest BCUT2D eigenvalue weighted by Gasteiger charge is 2.35. The van der Waals surface area contributed by atoms with Crippen molar-refractivity contribution in [1.29, 1.82) is 0 Å². The molecule has 0 aliphatic carbocycles. The van der Waals surface area contributed by atoms with Gasteiger partial charge in [-0.15, -0.1) is 6.42 Å². The fraction of sp³-hybridized carbons (Fsp3) is 0.385. The smallest absolute Gasteiger partial charge is 0.275 e. The van der Waals surface area contributed by atoms with Gasteiger partial charge in [0.15, 0.2) is 15.5 Å². The molecule has 6 nitrogen and oxygen atoms in total. The maximum atomic E-state index is 12.4. The van der Waals surface area contributed by atoms with Crippen LogP contribution < -0.4 is 5.73 Å². The third-order valence-corrected chi connectivity index (χ3v) is 4.96. The van der Waals surface area contributed by atoms with Crippen LogP contribution in [-0.2, 0) is 9.84 Å². The van der Waals surface area contributed by atoms with E-state index in [1.165, 1.54) is 11.1 Å². The molecule has 2 heterocycles. The molecule has 0 aromatic carbocycles. The van der Waals surface area contributed by atoms with E-state index in [9.17, 15) is 13.2 Å². The van der Waals surface area contributed by atoms with Crippen LogP contribution in [0, 0.1) is 12.3 Å². The van der Waals surface area contributed by atoms with Gasteiger partial charge in [0.25, 0.3) is 5.91 Å². The number of nitrogen functional groups attached to an aromatic ring is 1. The van der Waals surface area contributed by atoms with Crippen LogP contribution in [0.5, 0.6) is 0 Å². The summed E-state index contributed by atoms with van der Waals surface area (Å²) in [6, 6.07) is 2.78. The summed E-state index contributed by atoms with van der Waals surface area (Å²) in [6.07, 6.45) is 7.13. The van der Waals surface area contributed by atoms with Crippen LogP contribution >= 0.6 is 0 Å². The predicted octanol–water partition coefficient (Wildman–Crippen LogP) is -0.0737. The molecule has 0 bridgehead atoms. The van der Waals surface area contributed by atoms with Crippen LogP contribution in [0.25, 0.3) is 0 Å². The van der Waals surface area contributed by atoms with Crippen LogP contribution in [0.3, 0.4) is 0 Å². The summed E-state index contributed by atoms with van der Waals surface area (Å²) in [6.45, 7) is 0.0367. The van der Waals surface area contributed by atoms with Crippen LogP contribution in [-0.4, -0.2) is 48.3 Å². The van der Waals surface area contributed by atoms with E-state index in [4.69, 9.17) is 12.2 Å². The number of nitrogens with zero attached hydrogens (tertiary/aromatic N) is 2. The summed E-state index contributed by atoms with van der Waals surface area (Å²) in [5.74, 6) is 1.97. The fourth-order valence-electron chi connectivity index (χ4n) is 2.22. The first-order valence-corrected chi connectivity index (χ1v) is 7.92. The number of terminal acetylenes is 1. The quantitative estimate of drug-likeness (QED) is 0.787. The van der Waals surface area contributed by atoms with Crippen molar-refractivity contribution in [2.45, 2.75) is 12.5 Å². The predicted molar refractivity (Wildman–Crippen MR) is 75.6 cm³/mol. The molecule has 7 heteroatoms. The van der Waals surface area contributed by atoms with E-state index in [1.54, 1.807) is 12.1 Å². The lowest BCUT2D eigenvalue weighted by Crippen LogP contribution is -2.42. The van der Waals surface area contributed by atoms with E-state index in [0.29, 0.717) is 6.42 Å². The van der Waals surface area contributed by atoms with Crippen molar-refractivity contribution >= 4 is 21.4 Å². The van der Waals surface area contributed by atoms with Gasteiger partial charge in [0, 0.05) is 12.2 Å². The van der Waals surface area contributed by atoms with E-state index in [1.807, 2.05) is 0 Å². The molecule has 1 amide bonds. The van der Waals surface area contributed by atoms with Gasteiger partial charge in [-0.3, -0.25) is 4.79 Å². The van der Waals surface area contributed by atoms with Crippen molar-refractivity contribution in [3.05, 3.63) is 24.0 Å². The lowest BCUT2D eigenvalue weighted by atomic mass is 10.2. The molecule has 2 rings (SSSR count). The van der Waals surface area contributed by atoms with Gasteiger partial charge < -0.3 is 10.6 Å². The van der Waals surface area contributed by atoms with Gasteiger partial charge in [0.2, 0.25) is 0 Å². The van der Waals surface area contributed by atoms with Crippen LogP contribution in [0.2, 0.25) is 0 Å². The van der Waals surface area contributed by atoms with Crippen molar-refractivity contribution in [2.24, 2.45) is 0 Å². The van der Waals surface area contributed by atoms with E-state index in [0.717, 1.165) is 0 Å². The maximum absolute atomic E-state index is 12.4. The largest absolute Gasteiger partial charge is 0.397 e. The van der Waals surface area contributed by atoms with Gasteiger partial charge in [-0.05, 0) is 18.6 Å². The molecular formula is C13H15N3O3S. The minimum Gasteiger partial charge on any atom is -0.397 e. The number of carbonyl (C=O) groups is 1. The van der Waals surface area contributed by atoms with Crippen molar-refractivity contribution in [3.63, 3.8) is 0 Å². The highest BCUT2D eigenvalue weighted by Crippen LogP contribution is 2.20. The molecule has 1 unspecified atom stereocenters. The summed E-state index contributed by atoms with van der Waals surface area (Å²) >= 11 is 0. The number of sulfone groups is 1. The number of hydrogen-bond acceptors (Lipinski definition) is 5. The second-order valence-electron chi connectivity index (χ2n) is 4.64. The Morgan fingerprint density at radius 3 is 2.90 bits per heavy atom. The monoisotopic (exact) mass is 293 g/mol. The molecule has 20 heavy (non-hydrogen) atoms. The first-order valence-electron chi connectivity index (χ1n) is 6.10. The van der Waals surface area contributed by atoms with Gasteiger partial charge in [0.1, 0.15) is 0 Å². The Balaban J connectivity index is 2.28. The van der Waals surface area contributed by atoms with Crippen molar-refractivity contribution in [2.75, 3.05) is 23.8 Å². The number of pyridine rings is 1. The second kappa shape index (κ2) is 5.51. The number of anilines is 1. The Labute approximate surface area is 117 Å². The minimum absolute atomic E-state index is 0.0367. The zero-order chi connectivity index (χ0) is 14.8. The van der Waals surface area contributed by atoms with Gasteiger partial charge in [-0.1, -0.05) is 5.92 Å². The molecule has 0 saturated carbocycles. The lowest BCUT2D eigenvalue weighted by molar-refractivity contribution is 0.0719. The van der Waals surface area contributed by atoms with Gasteiger partial charge in [0.05, 0.1) is 23.7 Å². The highest BCUT2D eigenvalue weighted by molar-refractivity contribution is 7.91. The first kappa shape index (κ1) is 14.3. The number of aromatic nitrogens is 1. The Hall–Kier alpha value is -2.07. The summed E-state index contributed by atoms with van der Waals surface area (Å²) in [4.78, 5) is 17.8. The number of nitrogens with two attached hydrogens (primary N) is 1. The Morgan fingerprint density at radius 2 is 2.35 bits per heavy atom. The molecule has 1 aliphatic heterocycles. The lowest BCUT2D eigenvalue weighted by Gasteiger charge is -2.26. The third kappa shape index (κ3) is 2.91. The SMILES string of the molecule is C#CCN(C(=O)c1ncccc1N)C1CCS(=O)(=O)C1. The van der Waals surface area contributed by atoms with E-state index in [-0.39, 0.29) is 29.4 Å². The van der Waals surface area contributed by atoms with Crippen LogP contribution in [0.4, 0.5) is 5.69 Å². The van der Waals surface area contributed by atoms with Gasteiger partial charge in [-0.25, -0.2) is 13.4 Å².